The van der Waals surface area contributed by atoms with Gasteiger partial charge in [0.2, 0.25) is 0 Å². The van der Waals surface area contributed by atoms with Crippen molar-refractivity contribution in [2.24, 2.45) is 0 Å². The SMILES string of the molecule is Cc1cc(OCCOc2ccc(/C=C3/C(=O)NC(=O)N(c4ccc(Br)cc4)C3=O)cc2)ccc1Cl. The minimum atomic E-state index is -0.792. The molecule has 0 bridgehead atoms. The third-order valence-corrected chi connectivity index (χ3v) is 6.08. The van der Waals surface area contributed by atoms with Gasteiger partial charge in [0.1, 0.15) is 30.3 Å². The summed E-state index contributed by atoms with van der Waals surface area (Å²) in [7, 11) is 0. The lowest BCUT2D eigenvalue weighted by Crippen LogP contribution is -2.54. The summed E-state index contributed by atoms with van der Waals surface area (Å²) in [6.45, 7) is 2.58. The zero-order chi connectivity index (χ0) is 24.9. The number of carbonyl (C=O) groups excluding carboxylic acids is 3. The van der Waals surface area contributed by atoms with E-state index in [-0.39, 0.29) is 5.57 Å². The number of halogens is 2. The molecule has 1 aliphatic rings. The van der Waals surface area contributed by atoms with Crippen LogP contribution in [0.3, 0.4) is 0 Å². The minimum Gasteiger partial charge on any atom is -0.490 e. The molecule has 1 aliphatic heterocycles. The summed E-state index contributed by atoms with van der Waals surface area (Å²) in [6.07, 6.45) is 1.44. The van der Waals surface area contributed by atoms with Gasteiger partial charge in [-0.15, -0.1) is 0 Å². The van der Waals surface area contributed by atoms with Crippen LogP contribution in [0.4, 0.5) is 10.5 Å². The van der Waals surface area contributed by atoms with E-state index in [0.717, 1.165) is 14.9 Å². The molecule has 1 saturated heterocycles. The van der Waals surface area contributed by atoms with E-state index in [0.29, 0.717) is 41.0 Å². The maximum absolute atomic E-state index is 13.0. The molecule has 0 spiro atoms. The molecule has 4 rings (SSSR count). The van der Waals surface area contributed by atoms with E-state index in [1.807, 2.05) is 13.0 Å². The first-order valence-corrected chi connectivity index (χ1v) is 11.8. The number of barbiturate groups is 1. The largest absolute Gasteiger partial charge is 0.490 e. The summed E-state index contributed by atoms with van der Waals surface area (Å²) in [5.41, 5.74) is 1.75. The topological polar surface area (TPSA) is 84.9 Å². The van der Waals surface area contributed by atoms with Gasteiger partial charge < -0.3 is 9.47 Å². The molecule has 1 heterocycles. The number of hydrogen-bond donors (Lipinski definition) is 1. The van der Waals surface area contributed by atoms with Crippen LogP contribution < -0.4 is 19.7 Å². The third-order valence-electron chi connectivity index (χ3n) is 5.13. The van der Waals surface area contributed by atoms with Crippen LogP contribution in [0.5, 0.6) is 11.5 Å². The molecule has 0 radical (unpaired) electrons. The van der Waals surface area contributed by atoms with Crippen molar-refractivity contribution in [3.8, 4) is 11.5 Å². The minimum absolute atomic E-state index is 0.146. The van der Waals surface area contributed by atoms with E-state index in [9.17, 15) is 14.4 Å². The first-order valence-electron chi connectivity index (χ1n) is 10.6. The molecule has 4 amide bonds. The van der Waals surface area contributed by atoms with Crippen molar-refractivity contribution in [1.82, 2.24) is 5.32 Å². The zero-order valence-electron chi connectivity index (χ0n) is 18.6. The summed E-state index contributed by atoms with van der Waals surface area (Å²) < 4.78 is 12.2. The summed E-state index contributed by atoms with van der Waals surface area (Å²) >= 11 is 9.33. The molecule has 0 aliphatic carbocycles. The van der Waals surface area contributed by atoms with E-state index < -0.39 is 17.8 Å². The number of nitrogens with one attached hydrogen (secondary N) is 1. The molecule has 35 heavy (non-hydrogen) atoms. The number of hydrogen-bond acceptors (Lipinski definition) is 5. The van der Waals surface area contributed by atoms with Crippen molar-refractivity contribution < 1.29 is 23.9 Å². The van der Waals surface area contributed by atoms with Crippen LogP contribution >= 0.6 is 27.5 Å². The van der Waals surface area contributed by atoms with Crippen molar-refractivity contribution >= 4 is 57.1 Å². The highest BCUT2D eigenvalue weighted by Crippen LogP contribution is 2.24. The molecule has 0 atom stereocenters. The maximum atomic E-state index is 13.0. The van der Waals surface area contributed by atoms with Crippen LogP contribution in [-0.4, -0.2) is 31.1 Å². The number of carbonyl (C=O) groups is 3. The number of ether oxygens (including phenoxy) is 2. The molecular formula is C26H20BrClN2O5. The second-order valence-corrected chi connectivity index (χ2v) is 8.93. The number of aryl methyl sites for hydroxylation is 1. The summed E-state index contributed by atoms with van der Waals surface area (Å²) in [5.74, 6) is -0.128. The average Bonchev–Trinajstić information content (AvgIpc) is 2.83. The Morgan fingerprint density at radius 1 is 0.914 bits per heavy atom. The predicted molar refractivity (Wildman–Crippen MR) is 137 cm³/mol. The number of benzene rings is 3. The first kappa shape index (κ1) is 24.5. The van der Waals surface area contributed by atoms with Gasteiger partial charge in [0.05, 0.1) is 5.69 Å². The van der Waals surface area contributed by atoms with Gasteiger partial charge in [-0.05, 0) is 78.7 Å². The van der Waals surface area contributed by atoms with Gasteiger partial charge in [0.15, 0.2) is 0 Å². The molecule has 7 nitrogen and oxygen atoms in total. The fourth-order valence-corrected chi connectivity index (χ4v) is 3.72. The van der Waals surface area contributed by atoms with Gasteiger partial charge >= 0.3 is 6.03 Å². The Labute approximate surface area is 215 Å². The number of amides is 4. The zero-order valence-corrected chi connectivity index (χ0v) is 20.9. The maximum Gasteiger partial charge on any atom is 0.335 e. The lowest BCUT2D eigenvalue weighted by Gasteiger charge is -2.26. The third kappa shape index (κ3) is 5.90. The fraction of sp³-hybridized carbons (Fsp3) is 0.115. The van der Waals surface area contributed by atoms with Crippen LogP contribution in [0.15, 0.2) is 76.8 Å². The average molecular weight is 556 g/mol. The molecule has 1 fully saturated rings. The monoisotopic (exact) mass is 554 g/mol. The normalized spacial score (nSPS) is 14.8. The van der Waals surface area contributed by atoms with Gasteiger partial charge in [-0.3, -0.25) is 14.9 Å². The number of imide groups is 2. The first-order chi connectivity index (χ1) is 16.8. The number of urea groups is 1. The van der Waals surface area contributed by atoms with Crippen LogP contribution in [0, 0.1) is 6.92 Å². The second kappa shape index (κ2) is 10.8. The van der Waals surface area contributed by atoms with Crippen LogP contribution in [0.25, 0.3) is 6.08 Å². The molecule has 0 aromatic heterocycles. The molecule has 0 saturated carbocycles. The second-order valence-electron chi connectivity index (χ2n) is 7.61. The van der Waals surface area contributed by atoms with Crippen molar-refractivity contribution in [2.75, 3.05) is 18.1 Å². The number of rotatable bonds is 7. The lowest BCUT2D eigenvalue weighted by atomic mass is 10.1. The lowest BCUT2D eigenvalue weighted by molar-refractivity contribution is -0.122. The van der Waals surface area contributed by atoms with Gasteiger partial charge in [-0.25, -0.2) is 9.69 Å². The highest BCUT2D eigenvalue weighted by Gasteiger charge is 2.36. The van der Waals surface area contributed by atoms with Gasteiger partial charge in [-0.1, -0.05) is 39.7 Å². The van der Waals surface area contributed by atoms with Crippen LogP contribution in [0.2, 0.25) is 5.02 Å². The summed E-state index contributed by atoms with van der Waals surface area (Å²) in [6, 6.07) is 18.2. The van der Waals surface area contributed by atoms with Gasteiger partial charge in [0.25, 0.3) is 11.8 Å². The molecule has 178 valence electrons. The number of anilines is 1. The predicted octanol–water partition coefficient (Wildman–Crippen LogP) is 5.54. The summed E-state index contributed by atoms with van der Waals surface area (Å²) in [4.78, 5) is 38.5. The van der Waals surface area contributed by atoms with Crippen molar-refractivity contribution in [3.05, 3.63) is 92.9 Å². The van der Waals surface area contributed by atoms with Gasteiger partial charge in [-0.2, -0.15) is 0 Å². The van der Waals surface area contributed by atoms with E-state index >= 15 is 0 Å². The van der Waals surface area contributed by atoms with Crippen LogP contribution in [-0.2, 0) is 9.59 Å². The highest BCUT2D eigenvalue weighted by molar-refractivity contribution is 9.10. The van der Waals surface area contributed by atoms with E-state index in [2.05, 4.69) is 21.2 Å². The van der Waals surface area contributed by atoms with E-state index in [1.165, 1.54) is 6.08 Å². The Balaban J connectivity index is 1.39. The van der Waals surface area contributed by atoms with E-state index in [4.69, 9.17) is 21.1 Å². The Kier molecular flexibility index (Phi) is 7.53. The molecule has 0 unspecified atom stereocenters. The standard InChI is InChI=1S/C26H20BrClN2O5/c1-16-14-21(10-11-23(16)28)35-13-12-34-20-8-2-17(3-9-20)15-22-24(31)29-26(33)30(25(22)32)19-6-4-18(27)5-7-19/h2-11,14-15H,12-13H2,1H3,(H,29,31,33)/b22-15-. The molecule has 9 heteroatoms. The Morgan fingerprint density at radius 2 is 1.54 bits per heavy atom. The van der Waals surface area contributed by atoms with E-state index in [1.54, 1.807) is 60.7 Å². The van der Waals surface area contributed by atoms with Crippen molar-refractivity contribution in [1.29, 1.82) is 0 Å². The molecule has 1 N–H and O–H groups in total. The van der Waals surface area contributed by atoms with Crippen molar-refractivity contribution in [2.45, 2.75) is 6.92 Å². The highest BCUT2D eigenvalue weighted by atomic mass is 79.9. The molecule has 3 aromatic carbocycles. The Hall–Kier alpha value is -3.62. The molecular weight excluding hydrogens is 536 g/mol. The number of nitrogens with zero attached hydrogens (tertiary/aromatic N) is 1. The van der Waals surface area contributed by atoms with Gasteiger partial charge in [0, 0.05) is 9.50 Å². The fourth-order valence-electron chi connectivity index (χ4n) is 3.34. The summed E-state index contributed by atoms with van der Waals surface area (Å²) in [5, 5.41) is 2.89. The Morgan fingerprint density at radius 3 is 2.20 bits per heavy atom. The van der Waals surface area contributed by atoms with Crippen molar-refractivity contribution in [3.63, 3.8) is 0 Å². The Bertz CT molecular complexity index is 1310. The smallest absolute Gasteiger partial charge is 0.335 e. The quantitative estimate of drug-likeness (QED) is 0.235. The molecule has 3 aromatic rings. The van der Waals surface area contributed by atoms with Crippen LogP contribution in [0.1, 0.15) is 11.1 Å².